The van der Waals surface area contributed by atoms with Crippen molar-refractivity contribution in [2.24, 2.45) is 0 Å². The van der Waals surface area contributed by atoms with Gasteiger partial charge in [0.15, 0.2) is 0 Å². The largest absolute Gasteiger partial charge is 0.397 e. The first-order valence-electron chi connectivity index (χ1n) is 5.69. The molecule has 2 rings (SSSR count). The first kappa shape index (κ1) is 13.4. The molecular weight excluding hydrogens is 304 g/mol. The average Bonchev–Trinajstić information content (AvgIpc) is 2.44. The highest BCUT2D eigenvalue weighted by Crippen LogP contribution is 2.33. The number of aromatic nitrogens is 1. The lowest BCUT2D eigenvalue weighted by molar-refractivity contribution is 1.11. The van der Waals surface area contributed by atoms with Crippen LogP contribution < -0.4 is 10.6 Å². The number of rotatable bonds is 2. The molecule has 0 atom stereocenters. The Kier molecular flexibility index (Phi) is 3.72. The molecule has 1 aromatic heterocycles. The van der Waals surface area contributed by atoms with E-state index in [1.54, 1.807) is 12.3 Å². The van der Waals surface area contributed by atoms with Crippen LogP contribution in [0.2, 0.25) is 0 Å². The van der Waals surface area contributed by atoms with Gasteiger partial charge in [0.2, 0.25) is 0 Å². The van der Waals surface area contributed by atoms with Crippen molar-refractivity contribution in [3.05, 3.63) is 46.1 Å². The van der Waals surface area contributed by atoms with Crippen LogP contribution >= 0.6 is 15.9 Å². The van der Waals surface area contributed by atoms with Crippen LogP contribution in [0, 0.1) is 18.3 Å². The van der Waals surface area contributed by atoms with Gasteiger partial charge in [0.05, 0.1) is 28.0 Å². The van der Waals surface area contributed by atoms with E-state index in [4.69, 9.17) is 11.0 Å². The summed E-state index contributed by atoms with van der Waals surface area (Å²) in [4.78, 5) is 6.26. The van der Waals surface area contributed by atoms with Crippen LogP contribution in [0.3, 0.4) is 0 Å². The van der Waals surface area contributed by atoms with Gasteiger partial charge in [-0.1, -0.05) is 6.07 Å². The second-order valence-corrected chi connectivity index (χ2v) is 4.99. The third-order valence-corrected chi connectivity index (χ3v) is 3.91. The Morgan fingerprint density at radius 1 is 1.42 bits per heavy atom. The summed E-state index contributed by atoms with van der Waals surface area (Å²) in [5.41, 5.74) is 8.94. The summed E-state index contributed by atoms with van der Waals surface area (Å²) < 4.78 is 0.859. The highest BCUT2D eigenvalue weighted by molar-refractivity contribution is 9.10. The molecule has 1 aromatic carbocycles. The van der Waals surface area contributed by atoms with E-state index in [0.29, 0.717) is 11.3 Å². The molecular formula is C14H13BrN4. The Balaban J connectivity index is 2.47. The highest BCUT2D eigenvalue weighted by Gasteiger charge is 2.13. The lowest BCUT2D eigenvalue weighted by Crippen LogP contribution is -2.13. The zero-order valence-corrected chi connectivity index (χ0v) is 12.3. The van der Waals surface area contributed by atoms with Crippen LogP contribution in [0.25, 0.3) is 0 Å². The number of nitrogens with two attached hydrogens (primary N) is 1. The molecule has 0 unspecified atom stereocenters. The number of pyridine rings is 1. The number of anilines is 3. The molecule has 0 saturated carbocycles. The molecule has 0 bridgehead atoms. The SMILES string of the molecule is Cc1c(N)cnc(N(C)c2cccc(C#N)c2)c1Br. The molecule has 4 nitrogen and oxygen atoms in total. The molecule has 5 heteroatoms. The Morgan fingerprint density at radius 2 is 2.16 bits per heavy atom. The summed E-state index contributed by atoms with van der Waals surface area (Å²) in [7, 11) is 1.90. The van der Waals surface area contributed by atoms with Gasteiger partial charge in [0.25, 0.3) is 0 Å². The monoisotopic (exact) mass is 316 g/mol. The molecule has 0 aliphatic heterocycles. The van der Waals surface area contributed by atoms with Crippen molar-refractivity contribution in [1.29, 1.82) is 5.26 Å². The van der Waals surface area contributed by atoms with Crippen molar-refractivity contribution in [2.75, 3.05) is 17.7 Å². The zero-order valence-electron chi connectivity index (χ0n) is 10.7. The third-order valence-electron chi connectivity index (χ3n) is 2.96. The minimum atomic E-state index is 0.618. The average molecular weight is 317 g/mol. The first-order valence-corrected chi connectivity index (χ1v) is 6.48. The molecule has 96 valence electrons. The van der Waals surface area contributed by atoms with Gasteiger partial charge in [0.1, 0.15) is 5.82 Å². The molecule has 0 aliphatic rings. The van der Waals surface area contributed by atoms with Gasteiger partial charge in [-0.15, -0.1) is 0 Å². The topological polar surface area (TPSA) is 65.9 Å². The minimum Gasteiger partial charge on any atom is -0.397 e. The number of hydrogen-bond donors (Lipinski definition) is 1. The summed E-state index contributed by atoms with van der Waals surface area (Å²) in [5.74, 6) is 0.766. The summed E-state index contributed by atoms with van der Waals surface area (Å²) in [6.45, 7) is 1.93. The van der Waals surface area contributed by atoms with Gasteiger partial charge < -0.3 is 10.6 Å². The van der Waals surface area contributed by atoms with E-state index in [0.717, 1.165) is 21.5 Å². The maximum Gasteiger partial charge on any atom is 0.147 e. The fourth-order valence-electron chi connectivity index (χ4n) is 1.72. The predicted octanol–water partition coefficient (Wildman–Crippen LogP) is 3.37. The molecule has 0 aliphatic carbocycles. The summed E-state index contributed by atoms with van der Waals surface area (Å²) in [5, 5.41) is 8.94. The molecule has 19 heavy (non-hydrogen) atoms. The van der Waals surface area contributed by atoms with Crippen molar-refractivity contribution >= 4 is 33.1 Å². The highest BCUT2D eigenvalue weighted by atomic mass is 79.9. The fraction of sp³-hybridized carbons (Fsp3) is 0.143. The normalized spacial score (nSPS) is 10.0. The van der Waals surface area contributed by atoms with Gasteiger partial charge in [0, 0.05) is 12.7 Å². The molecule has 0 radical (unpaired) electrons. The zero-order chi connectivity index (χ0) is 14.0. The van der Waals surface area contributed by atoms with Crippen LogP contribution in [-0.2, 0) is 0 Å². The Morgan fingerprint density at radius 3 is 2.84 bits per heavy atom. The van der Waals surface area contributed by atoms with Crippen LogP contribution in [-0.4, -0.2) is 12.0 Å². The van der Waals surface area contributed by atoms with E-state index in [9.17, 15) is 0 Å². The number of halogens is 1. The molecule has 0 fully saturated rings. The second kappa shape index (κ2) is 5.29. The van der Waals surface area contributed by atoms with Crippen molar-refractivity contribution in [1.82, 2.24) is 4.98 Å². The maximum absolute atomic E-state index is 8.94. The number of benzene rings is 1. The lowest BCUT2D eigenvalue weighted by atomic mass is 10.2. The standard InChI is InChI=1S/C14H13BrN4/c1-9-12(17)8-18-14(13(9)15)19(2)11-5-3-4-10(6-11)7-16/h3-6,8H,17H2,1-2H3. The molecule has 0 spiro atoms. The van der Waals surface area contributed by atoms with Gasteiger partial charge in [-0.05, 0) is 46.6 Å². The van der Waals surface area contributed by atoms with E-state index in [-0.39, 0.29) is 0 Å². The predicted molar refractivity (Wildman–Crippen MR) is 80.3 cm³/mol. The molecule has 0 amide bonds. The Bertz CT molecular complexity index is 661. The van der Waals surface area contributed by atoms with Crippen molar-refractivity contribution in [3.63, 3.8) is 0 Å². The summed E-state index contributed by atoms with van der Waals surface area (Å²) in [6.07, 6.45) is 1.64. The van der Waals surface area contributed by atoms with E-state index in [2.05, 4.69) is 27.0 Å². The quantitative estimate of drug-likeness (QED) is 0.922. The number of nitriles is 1. The van der Waals surface area contributed by atoms with E-state index >= 15 is 0 Å². The number of hydrogen-bond acceptors (Lipinski definition) is 4. The van der Waals surface area contributed by atoms with Gasteiger partial charge >= 0.3 is 0 Å². The van der Waals surface area contributed by atoms with Gasteiger partial charge in [-0.3, -0.25) is 0 Å². The Labute approximate surface area is 120 Å². The van der Waals surface area contributed by atoms with Gasteiger partial charge in [-0.2, -0.15) is 5.26 Å². The second-order valence-electron chi connectivity index (χ2n) is 4.20. The molecule has 0 saturated heterocycles. The number of nitrogens with zero attached hydrogens (tertiary/aromatic N) is 3. The summed E-state index contributed by atoms with van der Waals surface area (Å²) >= 11 is 3.52. The van der Waals surface area contributed by atoms with Crippen LogP contribution in [0.1, 0.15) is 11.1 Å². The van der Waals surface area contributed by atoms with E-state index < -0.39 is 0 Å². The van der Waals surface area contributed by atoms with Crippen molar-refractivity contribution < 1.29 is 0 Å². The van der Waals surface area contributed by atoms with E-state index in [1.165, 1.54) is 0 Å². The van der Waals surface area contributed by atoms with Crippen molar-refractivity contribution in [2.45, 2.75) is 6.92 Å². The smallest absolute Gasteiger partial charge is 0.147 e. The van der Waals surface area contributed by atoms with Gasteiger partial charge in [-0.25, -0.2) is 4.98 Å². The minimum absolute atomic E-state index is 0.618. The van der Waals surface area contributed by atoms with Crippen LogP contribution in [0.15, 0.2) is 34.9 Å². The maximum atomic E-state index is 8.94. The van der Waals surface area contributed by atoms with E-state index in [1.807, 2.05) is 37.1 Å². The van der Waals surface area contributed by atoms with Crippen molar-refractivity contribution in [3.8, 4) is 6.07 Å². The fourth-order valence-corrected chi connectivity index (χ4v) is 2.32. The Hall–Kier alpha value is -2.06. The molecule has 2 N–H and O–H groups in total. The molecule has 2 aromatic rings. The first-order chi connectivity index (χ1) is 9.04. The van der Waals surface area contributed by atoms with Crippen LogP contribution in [0.5, 0.6) is 0 Å². The summed E-state index contributed by atoms with van der Waals surface area (Å²) in [6, 6.07) is 9.50. The number of nitrogen functional groups attached to an aromatic ring is 1. The molecule has 1 heterocycles. The van der Waals surface area contributed by atoms with Crippen LogP contribution in [0.4, 0.5) is 17.2 Å². The lowest BCUT2D eigenvalue weighted by Gasteiger charge is -2.21. The third kappa shape index (κ3) is 2.54.